The summed E-state index contributed by atoms with van der Waals surface area (Å²) in [7, 11) is 1.68. The number of piperazine rings is 1. The second-order valence-corrected chi connectivity index (χ2v) is 7.98. The summed E-state index contributed by atoms with van der Waals surface area (Å²) in [6.07, 6.45) is 1.97. The van der Waals surface area contributed by atoms with Crippen molar-refractivity contribution in [1.82, 2.24) is 30.0 Å². The van der Waals surface area contributed by atoms with Gasteiger partial charge in [0.1, 0.15) is 5.75 Å². The molecule has 1 aliphatic rings. The van der Waals surface area contributed by atoms with Gasteiger partial charge in [0.2, 0.25) is 0 Å². The van der Waals surface area contributed by atoms with Gasteiger partial charge in [0.15, 0.2) is 5.82 Å². The number of benzene rings is 2. The predicted molar refractivity (Wildman–Crippen MR) is 121 cm³/mol. The van der Waals surface area contributed by atoms with Crippen molar-refractivity contribution in [2.45, 2.75) is 19.5 Å². The molecule has 1 aromatic heterocycles. The molecule has 0 aliphatic carbocycles. The number of aromatic nitrogens is 4. The minimum atomic E-state index is 0.0136. The first kappa shape index (κ1) is 21.2. The largest absolute Gasteiger partial charge is 0.497 e. The van der Waals surface area contributed by atoms with Crippen LogP contribution in [0.25, 0.3) is 0 Å². The molecule has 0 amide bonds. The topological polar surface area (TPSA) is 59.3 Å². The Morgan fingerprint density at radius 1 is 1.03 bits per heavy atom. The minimum Gasteiger partial charge on any atom is -0.497 e. The van der Waals surface area contributed by atoms with E-state index in [1.165, 1.54) is 11.1 Å². The Kier molecular flexibility index (Phi) is 6.74. The molecule has 0 unspecified atom stereocenters. The number of hydrogen-bond donors (Lipinski definition) is 0. The van der Waals surface area contributed by atoms with E-state index in [1.807, 2.05) is 22.9 Å². The van der Waals surface area contributed by atoms with Gasteiger partial charge < -0.3 is 4.74 Å². The van der Waals surface area contributed by atoms with Gasteiger partial charge >= 0.3 is 0 Å². The fraction of sp³-hybridized carbons (Fsp3) is 0.375. The van der Waals surface area contributed by atoms with Crippen LogP contribution in [0, 0.1) is 6.92 Å². The maximum absolute atomic E-state index is 5.28. The zero-order valence-corrected chi connectivity index (χ0v) is 18.3. The van der Waals surface area contributed by atoms with Crippen LogP contribution in [0.5, 0.6) is 5.75 Å². The number of rotatable bonds is 8. The van der Waals surface area contributed by atoms with Crippen LogP contribution in [-0.2, 0) is 6.54 Å². The van der Waals surface area contributed by atoms with E-state index in [2.05, 4.69) is 75.2 Å². The molecule has 1 fully saturated rings. The molecule has 7 nitrogen and oxygen atoms in total. The van der Waals surface area contributed by atoms with Crippen molar-refractivity contribution >= 4 is 0 Å². The standard InChI is InChI=1S/C24H30N6O/c1-4-13-28-14-16-29(17-15-28)23(21-9-5-19(2)6-10-21)24-25-26-27-30(24)18-20-7-11-22(31-3)12-8-20/h4-12,23H,1,13-18H2,2-3H3/t23-/m0/s1. The molecule has 1 saturated heterocycles. The molecular formula is C24H30N6O. The Morgan fingerprint density at radius 3 is 2.39 bits per heavy atom. The highest BCUT2D eigenvalue weighted by atomic mass is 16.5. The van der Waals surface area contributed by atoms with Crippen LogP contribution in [0.1, 0.15) is 28.6 Å². The molecule has 1 aliphatic heterocycles. The van der Waals surface area contributed by atoms with Gasteiger partial charge in [-0.3, -0.25) is 9.80 Å². The normalized spacial score (nSPS) is 16.2. The summed E-state index contributed by atoms with van der Waals surface area (Å²) < 4.78 is 7.19. The molecule has 162 valence electrons. The van der Waals surface area contributed by atoms with Crippen LogP contribution in [0.15, 0.2) is 61.2 Å². The van der Waals surface area contributed by atoms with Gasteiger partial charge in [0, 0.05) is 32.7 Å². The Balaban J connectivity index is 1.62. The SMILES string of the molecule is C=CCN1CCN([C@@H](c2ccc(C)cc2)c2nnnn2Cc2ccc(OC)cc2)CC1. The Labute approximate surface area is 183 Å². The lowest BCUT2D eigenvalue weighted by molar-refractivity contribution is 0.112. The predicted octanol–water partition coefficient (Wildman–Crippen LogP) is 2.93. The first-order valence-electron chi connectivity index (χ1n) is 10.7. The summed E-state index contributed by atoms with van der Waals surface area (Å²) in [6, 6.07) is 16.8. The fourth-order valence-corrected chi connectivity index (χ4v) is 4.08. The molecule has 0 radical (unpaired) electrons. The molecule has 0 saturated carbocycles. The molecule has 7 heteroatoms. The van der Waals surface area contributed by atoms with Gasteiger partial charge in [-0.2, -0.15) is 0 Å². The molecule has 0 spiro atoms. The van der Waals surface area contributed by atoms with Crippen molar-refractivity contribution in [3.05, 3.63) is 83.7 Å². The number of aryl methyl sites for hydroxylation is 1. The van der Waals surface area contributed by atoms with Crippen molar-refractivity contribution in [1.29, 1.82) is 0 Å². The van der Waals surface area contributed by atoms with E-state index >= 15 is 0 Å². The van der Waals surface area contributed by atoms with E-state index in [4.69, 9.17) is 4.74 Å². The molecule has 4 rings (SSSR count). The van der Waals surface area contributed by atoms with Crippen molar-refractivity contribution in [2.24, 2.45) is 0 Å². The molecule has 1 atom stereocenters. The smallest absolute Gasteiger partial charge is 0.173 e. The first-order valence-corrected chi connectivity index (χ1v) is 10.7. The zero-order valence-electron chi connectivity index (χ0n) is 18.3. The molecule has 0 N–H and O–H groups in total. The zero-order chi connectivity index (χ0) is 21.6. The number of hydrogen-bond acceptors (Lipinski definition) is 6. The summed E-state index contributed by atoms with van der Waals surface area (Å²) in [5, 5.41) is 12.9. The van der Waals surface area contributed by atoms with Gasteiger partial charge in [-0.15, -0.1) is 11.7 Å². The van der Waals surface area contributed by atoms with Crippen LogP contribution < -0.4 is 4.74 Å². The summed E-state index contributed by atoms with van der Waals surface area (Å²) in [5.41, 5.74) is 3.59. The van der Waals surface area contributed by atoms with Crippen LogP contribution >= 0.6 is 0 Å². The molecule has 3 aromatic rings. The number of methoxy groups -OCH3 is 1. The minimum absolute atomic E-state index is 0.0136. The van der Waals surface area contributed by atoms with E-state index in [0.717, 1.165) is 49.9 Å². The molecule has 0 bridgehead atoms. The summed E-state index contributed by atoms with van der Waals surface area (Å²) in [4.78, 5) is 4.91. The van der Waals surface area contributed by atoms with Crippen LogP contribution in [0.3, 0.4) is 0 Å². The van der Waals surface area contributed by atoms with E-state index in [-0.39, 0.29) is 6.04 Å². The molecule has 31 heavy (non-hydrogen) atoms. The number of nitrogens with zero attached hydrogens (tertiary/aromatic N) is 6. The van der Waals surface area contributed by atoms with E-state index in [1.54, 1.807) is 7.11 Å². The average molecular weight is 419 g/mol. The second kappa shape index (κ2) is 9.85. The quantitative estimate of drug-likeness (QED) is 0.524. The number of ether oxygens (including phenoxy) is 1. The van der Waals surface area contributed by atoms with Crippen LogP contribution in [0.4, 0.5) is 0 Å². The van der Waals surface area contributed by atoms with Crippen molar-refractivity contribution in [3.8, 4) is 5.75 Å². The van der Waals surface area contributed by atoms with Gasteiger partial charge in [-0.25, -0.2) is 4.68 Å². The highest BCUT2D eigenvalue weighted by Gasteiger charge is 2.30. The lowest BCUT2D eigenvalue weighted by atomic mass is 10.0. The van der Waals surface area contributed by atoms with Crippen molar-refractivity contribution in [3.63, 3.8) is 0 Å². The van der Waals surface area contributed by atoms with Crippen molar-refractivity contribution in [2.75, 3.05) is 39.8 Å². The van der Waals surface area contributed by atoms with Crippen molar-refractivity contribution < 1.29 is 4.74 Å². The Morgan fingerprint density at radius 2 is 1.74 bits per heavy atom. The summed E-state index contributed by atoms with van der Waals surface area (Å²) in [5.74, 6) is 1.72. The van der Waals surface area contributed by atoms with E-state index in [0.29, 0.717) is 6.54 Å². The molecule has 2 heterocycles. The third kappa shape index (κ3) is 5.00. The highest BCUT2D eigenvalue weighted by Crippen LogP contribution is 2.29. The second-order valence-electron chi connectivity index (χ2n) is 7.98. The highest BCUT2D eigenvalue weighted by molar-refractivity contribution is 5.30. The summed E-state index contributed by atoms with van der Waals surface area (Å²) in [6.45, 7) is 11.5. The van der Waals surface area contributed by atoms with E-state index < -0.39 is 0 Å². The van der Waals surface area contributed by atoms with Crippen LogP contribution in [0.2, 0.25) is 0 Å². The lowest BCUT2D eigenvalue weighted by Gasteiger charge is -2.38. The third-order valence-electron chi connectivity index (χ3n) is 5.85. The molecular weight excluding hydrogens is 388 g/mol. The van der Waals surface area contributed by atoms with Gasteiger partial charge in [0.05, 0.1) is 19.7 Å². The van der Waals surface area contributed by atoms with E-state index in [9.17, 15) is 0 Å². The number of tetrazole rings is 1. The maximum Gasteiger partial charge on any atom is 0.173 e. The van der Waals surface area contributed by atoms with Gasteiger partial charge in [-0.05, 0) is 40.6 Å². The first-order chi connectivity index (χ1) is 15.2. The fourth-order valence-electron chi connectivity index (χ4n) is 4.08. The van der Waals surface area contributed by atoms with Gasteiger partial charge in [-0.1, -0.05) is 48.0 Å². The maximum atomic E-state index is 5.28. The molecule has 2 aromatic carbocycles. The summed E-state index contributed by atoms with van der Waals surface area (Å²) >= 11 is 0. The van der Waals surface area contributed by atoms with Gasteiger partial charge in [0.25, 0.3) is 0 Å². The van der Waals surface area contributed by atoms with Crippen LogP contribution in [-0.4, -0.2) is 69.8 Å². The Bertz CT molecular complexity index is 974. The third-order valence-corrected chi connectivity index (χ3v) is 5.85. The lowest BCUT2D eigenvalue weighted by Crippen LogP contribution is -2.48. The monoisotopic (exact) mass is 418 g/mol. The average Bonchev–Trinajstić information content (AvgIpc) is 3.25. The Hall–Kier alpha value is -3.03.